The first-order chi connectivity index (χ1) is 15.0. The fraction of sp³-hybridized carbons (Fsp3) is 0.208. The van der Waals surface area contributed by atoms with E-state index in [0.29, 0.717) is 0 Å². The molecule has 2 aromatic carbocycles. The molecule has 4 aromatic rings. The van der Waals surface area contributed by atoms with Gasteiger partial charge in [0, 0.05) is 10.5 Å². The average Bonchev–Trinajstić information content (AvgIpc) is 3.11. The summed E-state index contributed by atoms with van der Waals surface area (Å²) in [4.78, 5) is 18.0. The Balaban J connectivity index is 1.72. The normalized spacial score (nSPS) is 11.1. The van der Waals surface area contributed by atoms with Gasteiger partial charge in [-0.05, 0) is 45.0 Å². The van der Waals surface area contributed by atoms with Crippen molar-refractivity contribution in [3.05, 3.63) is 78.0 Å². The van der Waals surface area contributed by atoms with Crippen molar-refractivity contribution in [2.45, 2.75) is 43.3 Å². The molecule has 0 bridgehead atoms. The number of aromatic nitrogens is 3. The van der Waals surface area contributed by atoms with E-state index >= 15 is 0 Å². The van der Waals surface area contributed by atoms with E-state index in [0.717, 1.165) is 32.5 Å². The number of carbonyl (C=O) groups is 1. The molecule has 4 rings (SSSR count). The third-order valence-electron chi connectivity index (χ3n) is 4.58. The van der Waals surface area contributed by atoms with Gasteiger partial charge >= 0.3 is 6.09 Å². The first kappa shape index (κ1) is 20.9. The highest BCUT2D eigenvalue weighted by Gasteiger charge is 2.17. The van der Waals surface area contributed by atoms with Crippen molar-refractivity contribution in [1.29, 1.82) is 0 Å². The van der Waals surface area contributed by atoms with Crippen LogP contribution in [0.5, 0.6) is 0 Å². The molecule has 0 aliphatic carbocycles. The highest BCUT2D eigenvalue weighted by Crippen LogP contribution is 2.28. The summed E-state index contributed by atoms with van der Waals surface area (Å²) in [6, 6.07) is 22.2. The summed E-state index contributed by atoms with van der Waals surface area (Å²) in [5, 5.41) is 8.47. The van der Waals surface area contributed by atoms with Crippen molar-refractivity contribution >= 4 is 23.5 Å². The van der Waals surface area contributed by atoms with Crippen LogP contribution in [0.1, 0.15) is 25.1 Å². The van der Waals surface area contributed by atoms with Crippen molar-refractivity contribution in [2.24, 2.45) is 0 Å². The number of ether oxygens (including phenoxy) is 1. The predicted octanol–water partition coefficient (Wildman–Crippen LogP) is 5.49. The molecule has 0 fully saturated rings. The predicted molar refractivity (Wildman–Crippen MR) is 122 cm³/mol. The molecular formula is C24H24N4O2S. The Labute approximate surface area is 185 Å². The maximum Gasteiger partial charge on any atom is 0.407 e. The molecular weight excluding hydrogens is 408 g/mol. The number of alkyl carbamates (subject to hydrolysis) is 1. The van der Waals surface area contributed by atoms with Gasteiger partial charge < -0.3 is 10.1 Å². The van der Waals surface area contributed by atoms with E-state index < -0.39 is 6.09 Å². The molecule has 0 atom stereocenters. The monoisotopic (exact) mass is 432 g/mol. The first-order valence-electron chi connectivity index (χ1n) is 10.1. The summed E-state index contributed by atoms with van der Waals surface area (Å²) in [6.07, 6.45) is -0.652. The number of hydrogen-bond donors (Lipinski definition) is 1. The van der Waals surface area contributed by atoms with Gasteiger partial charge in [-0.1, -0.05) is 59.8 Å². The number of hydrogen-bond acceptors (Lipinski definition) is 5. The Morgan fingerprint density at radius 2 is 1.81 bits per heavy atom. The number of nitrogens with one attached hydrogen (secondary N) is 1. The lowest BCUT2D eigenvalue weighted by Gasteiger charge is -2.10. The Morgan fingerprint density at radius 3 is 2.52 bits per heavy atom. The van der Waals surface area contributed by atoms with Crippen molar-refractivity contribution in [3.63, 3.8) is 0 Å². The summed E-state index contributed by atoms with van der Waals surface area (Å²) in [5.74, 6) is 0. The van der Waals surface area contributed by atoms with Gasteiger partial charge in [0.2, 0.25) is 0 Å². The largest absolute Gasteiger partial charge is 0.447 e. The summed E-state index contributed by atoms with van der Waals surface area (Å²) in [5.41, 5.74) is 4.46. The molecule has 31 heavy (non-hydrogen) atoms. The zero-order chi connectivity index (χ0) is 21.8. The molecule has 2 heterocycles. The molecule has 0 aliphatic rings. The third-order valence-corrected chi connectivity index (χ3v) is 5.51. The van der Waals surface area contributed by atoms with Gasteiger partial charge in [0.15, 0.2) is 5.65 Å². The van der Waals surface area contributed by atoms with Crippen LogP contribution in [0.15, 0.2) is 76.7 Å². The van der Waals surface area contributed by atoms with Gasteiger partial charge in [-0.15, -0.1) is 0 Å². The summed E-state index contributed by atoms with van der Waals surface area (Å²) < 4.78 is 7.02. The van der Waals surface area contributed by atoms with Gasteiger partial charge in [-0.25, -0.2) is 14.3 Å². The SMILES string of the molecule is Cc1ccc(-c2nc3ccc(Sc4ccccc4)nn3c2CNC(=O)OC(C)C)cc1. The zero-order valence-electron chi connectivity index (χ0n) is 17.7. The average molecular weight is 433 g/mol. The zero-order valence-corrected chi connectivity index (χ0v) is 18.5. The molecule has 0 radical (unpaired) electrons. The lowest BCUT2D eigenvalue weighted by atomic mass is 10.1. The molecule has 7 heteroatoms. The standard InChI is InChI=1S/C24H24N4O2S/c1-16(2)30-24(29)25-15-20-23(18-11-9-17(3)10-12-18)26-21-13-14-22(27-28(20)21)31-19-7-5-4-6-8-19/h4-14,16H,15H2,1-3H3,(H,25,29). The van der Waals surface area contributed by atoms with Gasteiger partial charge in [0.25, 0.3) is 0 Å². The fourth-order valence-electron chi connectivity index (χ4n) is 3.14. The summed E-state index contributed by atoms with van der Waals surface area (Å²) >= 11 is 1.58. The van der Waals surface area contributed by atoms with Crippen LogP contribution in [-0.4, -0.2) is 26.8 Å². The Kier molecular flexibility index (Phi) is 6.23. The van der Waals surface area contributed by atoms with Gasteiger partial charge in [0.05, 0.1) is 24.0 Å². The molecule has 0 unspecified atom stereocenters. The second-order valence-corrected chi connectivity index (χ2v) is 8.53. The highest BCUT2D eigenvalue weighted by molar-refractivity contribution is 7.99. The number of carbonyl (C=O) groups excluding carboxylic acids is 1. The van der Waals surface area contributed by atoms with Crippen LogP contribution >= 0.6 is 11.8 Å². The molecule has 0 spiro atoms. The van der Waals surface area contributed by atoms with Crippen LogP contribution in [0.3, 0.4) is 0 Å². The maximum absolute atomic E-state index is 12.1. The second-order valence-electron chi connectivity index (χ2n) is 7.44. The van der Waals surface area contributed by atoms with Crippen molar-refractivity contribution in [2.75, 3.05) is 0 Å². The summed E-state index contributed by atoms with van der Waals surface area (Å²) in [6.45, 7) is 5.94. The van der Waals surface area contributed by atoms with Crippen LogP contribution in [0, 0.1) is 6.92 Å². The smallest absolute Gasteiger partial charge is 0.407 e. The van der Waals surface area contributed by atoms with Crippen LogP contribution in [0.2, 0.25) is 0 Å². The van der Waals surface area contributed by atoms with Crippen LogP contribution in [0.25, 0.3) is 16.9 Å². The molecule has 0 saturated heterocycles. The number of imidazole rings is 1. The van der Waals surface area contributed by atoms with E-state index in [1.165, 1.54) is 5.56 Å². The number of aryl methyl sites for hydroxylation is 1. The molecule has 158 valence electrons. The summed E-state index contributed by atoms with van der Waals surface area (Å²) in [7, 11) is 0. The van der Waals surface area contributed by atoms with E-state index in [9.17, 15) is 4.79 Å². The fourth-order valence-corrected chi connectivity index (χ4v) is 3.93. The number of benzene rings is 2. The lowest BCUT2D eigenvalue weighted by Crippen LogP contribution is -2.27. The number of nitrogens with zero attached hydrogens (tertiary/aromatic N) is 3. The van der Waals surface area contributed by atoms with Gasteiger partial charge in [-0.3, -0.25) is 0 Å². The van der Waals surface area contributed by atoms with E-state index in [4.69, 9.17) is 14.8 Å². The minimum atomic E-state index is -0.463. The van der Waals surface area contributed by atoms with Crippen LogP contribution in [-0.2, 0) is 11.3 Å². The van der Waals surface area contributed by atoms with Crippen LogP contribution < -0.4 is 5.32 Å². The second kappa shape index (κ2) is 9.22. The van der Waals surface area contributed by atoms with Gasteiger partial charge in [-0.2, -0.15) is 5.10 Å². The van der Waals surface area contributed by atoms with E-state index in [-0.39, 0.29) is 12.6 Å². The Hall–Kier alpha value is -3.32. The number of amides is 1. The highest BCUT2D eigenvalue weighted by atomic mass is 32.2. The van der Waals surface area contributed by atoms with Crippen molar-refractivity contribution in [3.8, 4) is 11.3 Å². The van der Waals surface area contributed by atoms with Crippen LogP contribution in [0.4, 0.5) is 4.79 Å². The Bertz CT molecular complexity index is 1190. The number of rotatable bonds is 6. The maximum atomic E-state index is 12.1. The molecule has 0 saturated carbocycles. The minimum Gasteiger partial charge on any atom is -0.447 e. The van der Waals surface area contributed by atoms with E-state index in [1.54, 1.807) is 16.3 Å². The van der Waals surface area contributed by atoms with Crippen molar-refractivity contribution in [1.82, 2.24) is 19.9 Å². The molecule has 6 nitrogen and oxygen atoms in total. The molecule has 1 amide bonds. The number of fused-ring (bicyclic) bond motifs is 1. The molecule has 2 aromatic heterocycles. The van der Waals surface area contributed by atoms with E-state index in [2.05, 4.69) is 5.32 Å². The lowest BCUT2D eigenvalue weighted by molar-refractivity contribution is 0.115. The Morgan fingerprint density at radius 1 is 1.06 bits per heavy atom. The van der Waals surface area contributed by atoms with E-state index in [1.807, 2.05) is 87.5 Å². The quantitative estimate of drug-likeness (QED) is 0.436. The first-order valence-corrected chi connectivity index (χ1v) is 10.9. The topological polar surface area (TPSA) is 68.5 Å². The van der Waals surface area contributed by atoms with Gasteiger partial charge in [0.1, 0.15) is 5.03 Å². The third kappa shape index (κ3) is 5.06. The molecule has 0 aliphatic heterocycles. The minimum absolute atomic E-state index is 0.189. The van der Waals surface area contributed by atoms with Crippen molar-refractivity contribution < 1.29 is 9.53 Å². The molecule has 1 N–H and O–H groups in total.